The lowest BCUT2D eigenvalue weighted by molar-refractivity contribution is -0.258. The lowest BCUT2D eigenvalue weighted by Crippen LogP contribution is -2.47. The van der Waals surface area contributed by atoms with E-state index in [9.17, 15) is 39.9 Å². The lowest BCUT2D eigenvalue weighted by atomic mass is 9.96. The van der Waals surface area contributed by atoms with Crippen LogP contribution in [-0.2, 0) is 15.4 Å². The van der Waals surface area contributed by atoms with Crippen LogP contribution < -0.4 is 5.32 Å². The Morgan fingerprint density at radius 2 is 1.68 bits per heavy atom. The number of alkyl halides is 6. The van der Waals surface area contributed by atoms with E-state index in [-0.39, 0.29) is 11.7 Å². The number of rotatable bonds is 4. The van der Waals surface area contributed by atoms with Gasteiger partial charge in [-0.25, -0.2) is 8.42 Å². The van der Waals surface area contributed by atoms with Crippen molar-refractivity contribution in [2.24, 2.45) is 4.99 Å². The molecule has 3 atom stereocenters. The van der Waals surface area contributed by atoms with Gasteiger partial charge >= 0.3 is 12.4 Å². The molecule has 0 saturated carbocycles. The number of hydrogen-bond acceptors (Lipinski definition) is 5. The zero-order chi connectivity index (χ0) is 21.5. The van der Waals surface area contributed by atoms with Crippen LogP contribution in [0.5, 0.6) is 0 Å². The van der Waals surface area contributed by atoms with Crippen LogP contribution in [-0.4, -0.2) is 48.2 Å². The molecule has 5 nitrogen and oxygen atoms in total. The highest BCUT2D eigenvalue weighted by molar-refractivity contribution is 8.23. The van der Waals surface area contributed by atoms with E-state index in [1.54, 1.807) is 6.92 Å². The number of nitrogens with zero attached hydrogens (tertiary/aromatic N) is 1. The fourth-order valence-electron chi connectivity index (χ4n) is 2.39. The summed E-state index contributed by atoms with van der Waals surface area (Å²) in [7, 11) is -4.58. The molecule has 158 valence electrons. The third-order valence-electron chi connectivity index (χ3n) is 4.04. The third-order valence-corrected chi connectivity index (χ3v) is 7.87. The summed E-state index contributed by atoms with van der Waals surface area (Å²) < 4.78 is 102. The number of aliphatic imine (C=N–C) groups is 1. The van der Waals surface area contributed by atoms with Crippen molar-refractivity contribution in [2.75, 3.05) is 6.54 Å². The SMILES string of the molecule is CCN=C1NC(C(F)(F)F)C(S(=O)(=O)c2ccc(C(C)(O)C(F)(F)F)cc2)S1. The molecule has 2 N–H and O–H groups in total. The molecule has 1 aromatic carbocycles. The first kappa shape index (κ1) is 22.8. The Bertz CT molecular complexity index is 848. The molecule has 1 aromatic rings. The van der Waals surface area contributed by atoms with Gasteiger partial charge < -0.3 is 10.4 Å². The molecular weight excluding hydrogens is 434 g/mol. The van der Waals surface area contributed by atoms with Crippen molar-refractivity contribution in [2.45, 2.75) is 47.3 Å². The minimum absolute atomic E-state index is 0.133. The molecule has 28 heavy (non-hydrogen) atoms. The normalized spacial score (nSPS) is 24.8. The molecule has 0 bridgehead atoms. The molecule has 1 saturated heterocycles. The Labute approximate surface area is 161 Å². The summed E-state index contributed by atoms with van der Waals surface area (Å²) >= 11 is 0.388. The predicted molar refractivity (Wildman–Crippen MR) is 91.6 cm³/mol. The van der Waals surface area contributed by atoms with Crippen LogP contribution in [0.2, 0.25) is 0 Å². The molecule has 1 heterocycles. The summed E-state index contributed by atoms with van der Waals surface area (Å²) in [5.41, 5.74) is -3.88. The van der Waals surface area contributed by atoms with Crippen LogP contribution in [0.3, 0.4) is 0 Å². The number of nitrogens with one attached hydrogen (secondary N) is 1. The zero-order valence-electron chi connectivity index (χ0n) is 14.5. The largest absolute Gasteiger partial charge is 0.421 e. The van der Waals surface area contributed by atoms with E-state index in [4.69, 9.17) is 0 Å². The number of hydrogen-bond donors (Lipinski definition) is 2. The number of thioether (sulfide) groups is 1. The first-order valence-electron chi connectivity index (χ1n) is 7.80. The maximum absolute atomic E-state index is 13.3. The highest BCUT2D eigenvalue weighted by atomic mass is 32.3. The van der Waals surface area contributed by atoms with Crippen LogP contribution in [0, 0.1) is 0 Å². The van der Waals surface area contributed by atoms with Crippen molar-refractivity contribution in [1.29, 1.82) is 0 Å². The van der Waals surface area contributed by atoms with Gasteiger partial charge in [-0.05, 0) is 31.5 Å². The fourth-order valence-corrected chi connectivity index (χ4v) is 5.84. The van der Waals surface area contributed by atoms with Crippen molar-refractivity contribution >= 4 is 26.8 Å². The van der Waals surface area contributed by atoms with Crippen molar-refractivity contribution in [3.63, 3.8) is 0 Å². The zero-order valence-corrected chi connectivity index (χ0v) is 16.1. The smallest absolute Gasteiger partial charge is 0.376 e. The van der Waals surface area contributed by atoms with Gasteiger partial charge in [0.15, 0.2) is 26.6 Å². The van der Waals surface area contributed by atoms with Crippen LogP contribution in [0.15, 0.2) is 34.2 Å². The molecule has 0 aromatic heterocycles. The van der Waals surface area contributed by atoms with Gasteiger partial charge in [0.25, 0.3) is 0 Å². The van der Waals surface area contributed by atoms with Crippen LogP contribution in [0.25, 0.3) is 0 Å². The molecule has 13 heteroatoms. The van der Waals surface area contributed by atoms with Gasteiger partial charge in [0.05, 0.1) is 4.90 Å². The van der Waals surface area contributed by atoms with Gasteiger partial charge in [0.1, 0.15) is 4.58 Å². The summed E-state index contributed by atoms with van der Waals surface area (Å²) in [5, 5.41) is 11.5. The third kappa shape index (κ3) is 4.25. The number of aliphatic hydroxyl groups is 1. The van der Waals surface area contributed by atoms with Gasteiger partial charge in [0, 0.05) is 6.54 Å². The highest BCUT2D eigenvalue weighted by Gasteiger charge is 2.55. The van der Waals surface area contributed by atoms with E-state index < -0.39 is 48.9 Å². The second-order valence-electron chi connectivity index (χ2n) is 6.07. The summed E-state index contributed by atoms with van der Waals surface area (Å²) in [4.78, 5) is 3.17. The quantitative estimate of drug-likeness (QED) is 0.689. The monoisotopic (exact) mass is 450 g/mol. The number of amidine groups is 1. The molecule has 3 unspecified atom stereocenters. The second-order valence-corrected chi connectivity index (χ2v) is 9.57. The number of benzene rings is 1. The van der Waals surface area contributed by atoms with Gasteiger partial charge in [-0.2, -0.15) is 26.3 Å². The molecule has 1 aliphatic heterocycles. The van der Waals surface area contributed by atoms with E-state index in [1.807, 2.05) is 5.32 Å². The standard InChI is InChI=1S/C15H16F6N2O3S2/c1-3-22-12-23-10(14(16,17)18)11(27-12)28(25,26)9-6-4-8(5-7-9)13(2,24)15(19,20)21/h4-7,10-11,24H,3H2,1-2H3,(H,22,23). The average molecular weight is 450 g/mol. The molecule has 0 aliphatic carbocycles. The summed E-state index contributed by atoms with van der Waals surface area (Å²) in [6, 6.07) is 0.501. The van der Waals surface area contributed by atoms with Crippen molar-refractivity contribution < 1.29 is 39.9 Å². The van der Waals surface area contributed by atoms with E-state index in [0.29, 0.717) is 18.7 Å². The van der Waals surface area contributed by atoms with E-state index >= 15 is 0 Å². The molecule has 1 fully saturated rings. The summed E-state index contributed by atoms with van der Waals surface area (Å²) in [6.45, 7) is 2.18. The van der Waals surface area contributed by atoms with Gasteiger partial charge in [-0.1, -0.05) is 23.9 Å². The first-order chi connectivity index (χ1) is 12.6. The Hall–Kier alpha value is -1.47. The predicted octanol–water partition coefficient (Wildman–Crippen LogP) is 3.20. The van der Waals surface area contributed by atoms with Crippen molar-refractivity contribution in [3.8, 4) is 0 Å². The van der Waals surface area contributed by atoms with E-state index in [0.717, 1.165) is 24.3 Å². The summed E-state index contributed by atoms with van der Waals surface area (Å²) in [6.07, 6.45) is -9.92. The van der Waals surface area contributed by atoms with E-state index in [1.165, 1.54) is 0 Å². The van der Waals surface area contributed by atoms with E-state index in [2.05, 4.69) is 4.99 Å². The Morgan fingerprint density at radius 3 is 2.11 bits per heavy atom. The maximum Gasteiger partial charge on any atom is 0.421 e. The first-order valence-corrected chi connectivity index (χ1v) is 10.2. The minimum Gasteiger partial charge on any atom is -0.376 e. The fraction of sp³-hybridized carbons (Fsp3) is 0.533. The highest BCUT2D eigenvalue weighted by Crippen LogP contribution is 2.41. The molecule has 0 spiro atoms. The van der Waals surface area contributed by atoms with Crippen molar-refractivity contribution in [1.82, 2.24) is 5.32 Å². The van der Waals surface area contributed by atoms with Crippen molar-refractivity contribution in [3.05, 3.63) is 29.8 Å². The van der Waals surface area contributed by atoms with Gasteiger partial charge in [-0.15, -0.1) is 0 Å². The van der Waals surface area contributed by atoms with Crippen LogP contribution in [0.1, 0.15) is 19.4 Å². The molecule has 0 amide bonds. The Morgan fingerprint density at radius 1 is 1.14 bits per heavy atom. The number of halogens is 6. The number of sulfone groups is 1. The average Bonchev–Trinajstić information content (AvgIpc) is 2.99. The lowest BCUT2D eigenvalue weighted by Gasteiger charge is -2.27. The van der Waals surface area contributed by atoms with Gasteiger partial charge in [-0.3, -0.25) is 4.99 Å². The summed E-state index contributed by atoms with van der Waals surface area (Å²) in [5.74, 6) is 0. The molecule has 1 aliphatic rings. The topological polar surface area (TPSA) is 78.8 Å². The molecule has 0 radical (unpaired) electrons. The molecule has 2 rings (SSSR count). The van der Waals surface area contributed by atoms with Gasteiger partial charge in [0.2, 0.25) is 0 Å². The molecular formula is C15H16F6N2O3S2. The minimum atomic E-state index is -5.02. The van der Waals surface area contributed by atoms with Crippen LogP contribution >= 0.6 is 11.8 Å². The Balaban J connectivity index is 2.42. The van der Waals surface area contributed by atoms with Crippen LogP contribution in [0.4, 0.5) is 26.3 Å². The maximum atomic E-state index is 13.3. The second kappa shape index (κ2) is 7.41. The Kier molecular flexibility index (Phi) is 6.04.